The number of nitrogens with one attached hydrogen (secondary N) is 1. The van der Waals surface area contributed by atoms with Crippen LogP contribution in [0.5, 0.6) is 0 Å². The van der Waals surface area contributed by atoms with Gasteiger partial charge in [-0.15, -0.1) is 0 Å². The number of fused-ring (bicyclic) bond motifs is 1. The highest BCUT2D eigenvalue weighted by Gasteiger charge is 2.26. The van der Waals surface area contributed by atoms with Crippen molar-refractivity contribution in [3.63, 3.8) is 0 Å². The molecule has 1 atom stereocenters. The second kappa shape index (κ2) is 5.23. The van der Waals surface area contributed by atoms with Crippen LogP contribution in [0, 0.1) is 0 Å². The molecule has 22 heavy (non-hydrogen) atoms. The van der Waals surface area contributed by atoms with Crippen LogP contribution in [0.25, 0.3) is 11.1 Å². The van der Waals surface area contributed by atoms with Crippen molar-refractivity contribution in [1.29, 1.82) is 0 Å². The van der Waals surface area contributed by atoms with E-state index in [-0.39, 0.29) is 6.17 Å². The molecule has 4 rings (SSSR count). The van der Waals surface area contributed by atoms with E-state index in [2.05, 4.69) is 96.0 Å². The fourth-order valence-electron chi connectivity index (χ4n) is 3.11. The molecule has 1 unspecified atom stereocenters. The smallest absolute Gasteiger partial charge is 0.101 e. The van der Waals surface area contributed by atoms with Crippen LogP contribution in [0.1, 0.15) is 6.92 Å². The second-order valence-electron chi connectivity index (χ2n) is 5.62. The van der Waals surface area contributed by atoms with Crippen LogP contribution in [0.3, 0.4) is 0 Å². The molecule has 0 spiro atoms. The maximum absolute atomic E-state index is 3.55. The number of hydrogen-bond acceptors (Lipinski definition) is 2. The highest BCUT2D eigenvalue weighted by Crippen LogP contribution is 2.41. The molecule has 3 aromatic carbocycles. The van der Waals surface area contributed by atoms with E-state index in [1.807, 2.05) is 0 Å². The molecule has 0 saturated carbocycles. The van der Waals surface area contributed by atoms with Crippen molar-refractivity contribution in [2.75, 3.05) is 10.2 Å². The Balaban J connectivity index is 1.81. The lowest BCUT2D eigenvalue weighted by molar-refractivity contribution is 0.843. The van der Waals surface area contributed by atoms with E-state index in [4.69, 9.17) is 0 Å². The maximum Gasteiger partial charge on any atom is 0.101 e. The fraction of sp³-hybridized carbons (Fsp3) is 0.100. The van der Waals surface area contributed by atoms with Crippen LogP contribution in [0.15, 0.2) is 78.9 Å². The summed E-state index contributed by atoms with van der Waals surface area (Å²) in [7, 11) is 0. The van der Waals surface area contributed by atoms with Gasteiger partial charge in [0.05, 0.1) is 11.4 Å². The second-order valence-corrected chi connectivity index (χ2v) is 5.62. The van der Waals surface area contributed by atoms with Crippen LogP contribution in [0.4, 0.5) is 17.1 Å². The zero-order chi connectivity index (χ0) is 14.9. The van der Waals surface area contributed by atoms with E-state index in [0.29, 0.717) is 0 Å². The first-order chi connectivity index (χ1) is 10.8. The first kappa shape index (κ1) is 13.0. The Morgan fingerprint density at radius 2 is 1.45 bits per heavy atom. The molecule has 1 N–H and O–H groups in total. The molecule has 108 valence electrons. The maximum atomic E-state index is 3.55. The fourth-order valence-corrected chi connectivity index (χ4v) is 3.11. The summed E-state index contributed by atoms with van der Waals surface area (Å²) in [5.74, 6) is 0. The summed E-state index contributed by atoms with van der Waals surface area (Å²) >= 11 is 0. The van der Waals surface area contributed by atoms with E-state index in [1.165, 1.54) is 28.2 Å². The summed E-state index contributed by atoms with van der Waals surface area (Å²) in [6.45, 7) is 2.19. The van der Waals surface area contributed by atoms with E-state index in [9.17, 15) is 0 Å². The van der Waals surface area contributed by atoms with E-state index in [0.717, 1.165) is 0 Å². The third-order valence-corrected chi connectivity index (χ3v) is 4.15. The minimum absolute atomic E-state index is 0.253. The Hall–Kier alpha value is -2.74. The molecule has 1 aliphatic rings. The number of anilines is 3. The molecule has 1 aliphatic heterocycles. The van der Waals surface area contributed by atoms with Crippen LogP contribution in [-0.2, 0) is 0 Å². The van der Waals surface area contributed by atoms with Crippen LogP contribution in [-0.4, -0.2) is 6.17 Å². The van der Waals surface area contributed by atoms with Crippen molar-refractivity contribution >= 4 is 17.1 Å². The summed E-state index contributed by atoms with van der Waals surface area (Å²) < 4.78 is 0. The Morgan fingerprint density at radius 3 is 2.18 bits per heavy atom. The quantitative estimate of drug-likeness (QED) is 0.691. The molecule has 2 nitrogen and oxygen atoms in total. The molecule has 0 fully saturated rings. The van der Waals surface area contributed by atoms with Gasteiger partial charge in [0.15, 0.2) is 0 Å². The molecule has 0 aromatic heterocycles. The molecule has 0 aliphatic carbocycles. The zero-order valence-electron chi connectivity index (χ0n) is 12.5. The summed E-state index contributed by atoms with van der Waals surface area (Å²) in [5, 5.41) is 3.55. The Kier molecular flexibility index (Phi) is 3.08. The van der Waals surface area contributed by atoms with Gasteiger partial charge < -0.3 is 10.2 Å². The number of hydrogen-bond donors (Lipinski definition) is 1. The average Bonchev–Trinajstić information content (AvgIpc) is 2.91. The zero-order valence-corrected chi connectivity index (χ0v) is 12.5. The van der Waals surface area contributed by atoms with Gasteiger partial charge in [0.1, 0.15) is 6.17 Å². The van der Waals surface area contributed by atoms with Crippen molar-refractivity contribution in [1.82, 2.24) is 0 Å². The molecule has 3 aromatic rings. The molecular formula is C20H18N2. The summed E-state index contributed by atoms with van der Waals surface area (Å²) in [6.07, 6.45) is 0.253. The topological polar surface area (TPSA) is 15.3 Å². The van der Waals surface area contributed by atoms with E-state index in [1.54, 1.807) is 0 Å². The van der Waals surface area contributed by atoms with Gasteiger partial charge in [-0.3, -0.25) is 0 Å². The van der Waals surface area contributed by atoms with E-state index < -0.39 is 0 Å². The number of nitrogens with zero attached hydrogens (tertiary/aromatic N) is 1. The van der Waals surface area contributed by atoms with Crippen LogP contribution < -0.4 is 10.2 Å². The molecule has 0 amide bonds. The average molecular weight is 286 g/mol. The third kappa shape index (κ3) is 2.13. The number of para-hydroxylation sites is 1. The normalized spacial score (nSPS) is 16.2. The van der Waals surface area contributed by atoms with Gasteiger partial charge in [0, 0.05) is 5.69 Å². The highest BCUT2D eigenvalue weighted by molar-refractivity contribution is 5.86. The van der Waals surface area contributed by atoms with Gasteiger partial charge in [-0.1, -0.05) is 54.6 Å². The lowest BCUT2D eigenvalue weighted by Crippen LogP contribution is -2.28. The minimum Gasteiger partial charge on any atom is -0.363 e. The number of rotatable bonds is 2. The molecule has 0 saturated heterocycles. The van der Waals surface area contributed by atoms with Crippen molar-refractivity contribution in [3.05, 3.63) is 78.9 Å². The predicted octanol–water partition coefficient (Wildman–Crippen LogP) is 5.26. The van der Waals surface area contributed by atoms with Crippen molar-refractivity contribution in [2.45, 2.75) is 13.1 Å². The van der Waals surface area contributed by atoms with Crippen molar-refractivity contribution in [2.24, 2.45) is 0 Å². The molecule has 0 radical (unpaired) electrons. The molecule has 1 heterocycles. The standard InChI is InChI=1S/C20H18N2/c1-15-21-19-13-12-17(16-8-4-2-5-9-16)14-20(19)22(15)18-10-6-3-7-11-18/h2-15,21H,1H3. The number of benzene rings is 3. The van der Waals surface area contributed by atoms with Gasteiger partial charge in [0.25, 0.3) is 0 Å². The molecule has 0 bridgehead atoms. The Morgan fingerprint density at radius 1 is 0.773 bits per heavy atom. The summed E-state index contributed by atoms with van der Waals surface area (Å²) in [6, 6.07) is 27.7. The van der Waals surface area contributed by atoms with Crippen molar-refractivity contribution < 1.29 is 0 Å². The lowest BCUT2D eigenvalue weighted by Gasteiger charge is -2.24. The largest absolute Gasteiger partial charge is 0.363 e. The van der Waals surface area contributed by atoms with Gasteiger partial charge in [-0.25, -0.2) is 0 Å². The van der Waals surface area contributed by atoms with Gasteiger partial charge in [-0.05, 0) is 42.3 Å². The minimum atomic E-state index is 0.253. The van der Waals surface area contributed by atoms with Gasteiger partial charge in [-0.2, -0.15) is 0 Å². The lowest BCUT2D eigenvalue weighted by atomic mass is 10.0. The van der Waals surface area contributed by atoms with E-state index >= 15 is 0 Å². The summed E-state index contributed by atoms with van der Waals surface area (Å²) in [4.78, 5) is 2.35. The molecular weight excluding hydrogens is 268 g/mol. The SMILES string of the molecule is CC1Nc2ccc(-c3ccccc3)cc2N1c1ccccc1. The van der Waals surface area contributed by atoms with Crippen molar-refractivity contribution in [3.8, 4) is 11.1 Å². The Bertz CT molecular complexity index is 781. The van der Waals surface area contributed by atoms with Gasteiger partial charge >= 0.3 is 0 Å². The highest BCUT2D eigenvalue weighted by atomic mass is 15.3. The molecule has 2 heteroatoms. The summed E-state index contributed by atoms with van der Waals surface area (Å²) in [5.41, 5.74) is 6.14. The third-order valence-electron chi connectivity index (χ3n) is 4.15. The Labute approximate surface area is 131 Å². The first-order valence-electron chi connectivity index (χ1n) is 7.63. The monoisotopic (exact) mass is 286 g/mol. The first-order valence-corrected chi connectivity index (χ1v) is 7.63. The van der Waals surface area contributed by atoms with Crippen LogP contribution in [0.2, 0.25) is 0 Å². The van der Waals surface area contributed by atoms with Gasteiger partial charge in [0.2, 0.25) is 0 Å². The van der Waals surface area contributed by atoms with Crippen LogP contribution >= 0.6 is 0 Å². The predicted molar refractivity (Wildman–Crippen MR) is 93.5 cm³/mol.